The van der Waals surface area contributed by atoms with E-state index in [-0.39, 0.29) is 0 Å². The minimum Gasteiger partial charge on any atom is -0.399 e. The Bertz CT molecular complexity index is 453. The third-order valence-corrected chi connectivity index (χ3v) is 3.61. The maximum atomic E-state index is 9.14. The molecule has 4 heteroatoms. The maximum Gasteiger partial charge on any atom is 0.101 e. The number of anilines is 2. The van der Waals surface area contributed by atoms with Gasteiger partial charge in [0.05, 0.1) is 11.3 Å². The first kappa shape index (κ1) is 12.7. The topological polar surface area (TPSA) is 65.1 Å². The van der Waals surface area contributed by atoms with Crippen LogP contribution in [-0.4, -0.2) is 17.1 Å². The summed E-state index contributed by atoms with van der Waals surface area (Å²) in [6.45, 7) is 4.43. The van der Waals surface area contributed by atoms with Crippen molar-refractivity contribution in [1.82, 2.24) is 5.01 Å². The van der Waals surface area contributed by atoms with E-state index in [1.165, 1.54) is 19.3 Å². The number of hydrogen-bond acceptors (Lipinski definition) is 4. The molecule has 1 aromatic rings. The highest BCUT2D eigenvalue weighted by Crippen LogP contribution is 2.25. The zero-order valence-electron chi connectivity index (χ0n) is 11.0. The van der Waals surface area contributed by atoms with Gasteiger partial charge in [-0.2, -0.15) is 5.26 Å². The van der Waals surface area contributed by atoms with Gasteiger partial charge in [0.15, 0.2) is 0 Å². The van der Waals surface area contributed by atoms with Crippen LogP contribution in [0.3, 0.4) is 0 Å². The molecule has 0 amide bonds. The van der Waals surface area contributed by atoms with Crippen LogP contribution in [0, 0.1) is 11.3 Å². The Labute approximate surface area is 108 Å². The van der Waals surface area contributed by atoms with Crippen molar-refractivity contribution in [3.8, 4) is 6.07 Å². The van der Waals surface area contributed by atoms with E-state index in [1.807, 2.05) is 12.1 Å². The summed E-state index contributed by atoms with van der Waals surface area (Å²) >= 11 is 0. The summed E-state index contributed by atoms with van der Waals surface area (Å²) < 4.78 is 0. The van der Waals surface area contributed by atoms with Crippen LogP contribution in [0.25, 0.3) is 0 Å². The molecular formula is C14H20N4. The lowest BCUT2D eigenvalue weighted by Gasteiger charge is -2.39. The van der Waals surface area contributed by atoms with Crippen LogP contribution in [0.4, 0.5) is 11.4 Å². The molecule has 2 rings (SSSR count). The molecular weight excluding hydrogens is 224 g/mol. The number of nitrogens with two attached hydrogens (primary N) is 1. The van der Waals surface area contributed by atoms with E-state index in [0.717, 1.165) is 5.69 Å². The van der Waals surface area contributed by atoms with Gasteiger partial charge in [0, 0.05) is 17.8 Å². The predicted octanol–water partition coefficient (Wildman–Crippen LogP) is 2.73. The number of rotatable bonds is 2. The highest BCUT2D eigenvalue weighted by atomic mass is 15.5. The second kappa shape index (κ2) is 5.28. The van der Waals surface area contributed by atoms with Crippen LogP contribution >= 0.6 is 0 Å². The Hall–Kier alpha value is -1.73. The van der Waals surface area contributed by atoms with E-state index >= 15 is 0 Å². The fraction of sp³-hybridized carbons (Fsp3) is 0.500. The van der Waals surface area contributed by atoms with Crippen molar-refractivity contribution in [1.29, 1.82) is 5.26 Å². The monoisotopic (exact) mass is 244 g/mol. The van der Waals surface area contributed by atoms with Gasteiger partial charge in [0.1, 0.15) is 6.07 Å². The summed E-state index contributed by atoms with van der Waals surface area (Å²) in [7, 11) is 0. The van der Waals surface area contributed by atoms with Crippen molar-refractivity contribution in [2.45, 2.75) is 45.2 Å². The summed E-state index contributed by atoms with van der Waals surface area (Å²) in [5.41, 5.74) is 11.1. The molecule has 0 aliphatic carbocycles. The highest BCUT2D eigenvalue weighted by molar-refractivity contribution is 5.62. The van der Waals surface area contributed by atoms with E-state index in [0.29, 0.717) is 23.3 Å². The first-order valence-corrected chi connectivity index (χ1v) is 6.46. The number of nitriles is 1. The van der Waals surface area contributed by atoms with Crippen molar-refractivity contribution < 1.29 is 0 Å². The number of benzene rings is 1. The molecule has 1 aliphatic heterocycles. The number of nitrogen functional groups attached to an aromatic ring is 1. The average Bonchev–Trinajstić information content (AvgIpc) is 2.35. The van der Waals surface area contributed by atoms with Gasteiger partial charge in [-0.05, 0) is 44.9 Å². The predicted molar refractivity (Wildman–Crippen MR) is 73.8 cm³/mol. The van der Waals surface area contributed by atoms with Crippen LogP contribution in [0.15, 0.2) is 18.2 Å². The largest absolute Gasteiger partial charge is 0.399 e. The van der Waals surface area contributed by atoms with Gasteiger partial charge in [-0.25, -0.2) is 5.01 Å². The zero-order chi connectivity index (χ0) is 13.1. The Morgan fingerprint density at radius 2 is 2.00 bits per heavy atom. The summed E-state index contributed by atoms with van der Waals surface area (Å²) in [5, 5.41) is 11.4. The third-order valence-electron chi connectivity index (χ3n) is 3.61. The molecule has 0 spiro atoms. The van der Waals surface area contributed by atoms with Gasteiger partial charge in [-0.15, -0.1) is 0 Å². The fourth-order valence-corrected chi connectivity index (χ4v) is 2.53. The SMILES string of the molecule is CC1CCCC(C)N1Nc1ccc(N)cc1C#N. The fourth-order valence-electron chi connectivity index (χ4n) is 2.53. The molecule has 0 saturated carbocycles. The minimum absolute atomic E-state index is 0.484. The molecule has 3 N–H and O–H groups in total. The summed E-state index contributed by atoms with van der Waals surface area (Å²) in [4.78, 5) is 0. The lowest BCUT2D eigenvalue weighted by atomic mass is 10.00. The first-order valence-electron chi connectivity index (χ1n) is 6.46. The summed E-state index contributed by atoms with van der Waals surface area (Å²) in [5.74, 6) is 0. The lowest BCUT2D eigenvalue weighted by molar-refractivity contribution is 0.135. The van der Waals surface area contributed by atoms with E-state index in [9.17, 15) is 0 Å². The third kappa shape index (κ3) is 2.57. The second-order valence-electron chi connectivity index (χ2n) is 5.06. The van der Waals surface area contributed by atoms with Crippen LogP contribution < -0.4 is 11.2 Å². The Morgan fingerprint density at radius 1 is 1.33 bits per heavy atom. The molecule has 0 radical (unpaired) electrons. The summed E-state index contributed by atoms with van der Waals surface area (Å²) in [6.07, 6.45) is 3.65. The number of piperidine rings is 1. The van der Waals surface area contributed by atoms with Crippen LogP contribution in [-0.2, 0) is 0 Å². The smallest absolute Gasteiger partial charge is 0.101 e. The molecule has 18 heavy (non-hydrogen) atoms. The molecule has 2 unspecified atom stereocenters. The van der Waals surface area contributed by atoms with E-state index in [4.69, 9.17) is 11.0 Å². The van der Waals surface area contributed by atoms with Gasteiger partial charge >= 0.3 is 0 Å². The zero-order valence-corrected chi connectivity index (χ0v) is 11.0. The van der Waals surface area contributed by atoms with Gasteiger partial charge in [-0.1, -0.05) is 6.42 Å². The molecule has 1 aliphatic rings. The highest BCUT2D eigenvalue weighted by Gasteiger charge is 2.25. The van der Waals surface area contributed by atoms with Crippen LogP contribution in [0.1, 0.15) is 38.7 Å². The van der Waals surface area contributed by atoms with Crippen LogP contribution in [0.2, 0.25) is 0 Å². The number of hydrogen-bond donors (Lipinski definition) is 2. The molecule has 1 saturated heterocycles. The number of nitrogens with one attached hydrogen (secondary N) is 1. The molecule has 1 fully saturated rings. The Balaban J connectivity index is 2.20. The van der Waals surface area contributed by atoms with Gasteiger partial charge in [0.2, 0.25) is 0 Å². The van der Waals surface area contributed by atoms with Gasteiger partial charge in [-0.3, -0.25) is 0 Å². The van der Waals surface area contributed by atoms with Crippen molar-refractivity contribution in [2.75, 3.05) is 11.2 Å². The molecule has 2 atom stereocenters. The van der Waals surface area contributed by atoms with Crippen molar-refractivity contribution >= 4 is 11.4 Å². The molecule has 0 bridgehead atoms. The number of nitrogens with zero attached hydrogens (tertiary/aromatic N) is 2. The lowest BCUT2D eigenvalue weighted by Crippen LogP contribution is -2.47. The molecule has 1 heterocycles. The molecule has 0 aromatic heterocycles. The van der Waals surface area contributed by atoms with Gasteiger partial charge in [0.25, 0.3) is 0 Å². The van der Waals surface area contributed by atoms with E-state index < -0.39 is 0 Å². The normalized spacial score (nSPS) is 24.5. The van der Waals surface area contributed by atoms with E-state index in [1.54, 1.807) is 6.07 Å². The molecule has 1 aromatic carbocycles. The maximum absolute atomic E-state index is 9.14. The standard InChI is InChI=1S/C14H20N4/c1-10-4-3-5-11(2)18(10)17-14-7-6-13(16)8-12(14)9-15/h6-8,10-11,17H,3-5,16H2,1-2H3. The molecule has 96 valence electrons. The average molecular weight is 244 g/mol. The van der Waals surface area contributed by atoms with Crippen molar-refractivity contribution in [2.24, 2.45) is 0 Å². The Morgan fingerprint density at radius 3 is 2.61 bits per heavy atom. The van der Waals surface area contributed by atoms with Crippen LogP contribution in [0.5, 0.6) is 0 Å². The summed E-state index contributed by atoms with van der Waals surface area (Å²) in [6, 6.07) is 8.56. The van der Waals surface area contributed by atoms with E-state index in [2.05, 4.69) is 30.4 Å². The first-order chi connectivity index (χ1) is 8.61. The van der Waals surface area contributed by atoms with Gasteiger partial charge < -0.3 is 11.2 Å². The van der Waals surface area contributed by atoms with Crippen molar-refractivity contribution in [3.63, 3.8) is 0 Å². The molecule has 4 nitrogen and oxygen atoms in total. The second-order valence-corrected chi connectivity index (χ2v) is 5.06. The number of hydrazine groups is 1. The van der Waals surface area contributed by atoms with Crippen molar-refractivity contribution in [3.05, 3.63) is 23.8 Å². The minimum atomic E-state index is 0.484. The Kier molecular flexibility index (Phi) is 3.73. The quantitative estimate of drug-likeness (QED) is 0.785.